The first kappa shape index (κ1) is 15.8. The number of hydrogen-bond donors (Lipinski definition) is 3. The average molecular weight is 292 g/mol. The molecular formula is C16H24N2O3. The van der Waals surface area contributed by atoms with E-state index >= 15 is 0 Å². The Labute approximate surface area is 125 Å². The SMILES string of the molecule is CC(C)N1CC(C(O)c2ccc([C@H](C)NC(=O)O)cc2)C1. The Bertz CT molecular complexity index is 481. The molecule has 1 amide bonds. The molecule has 3 N–H and O–H groups in total. The number of amides is 1. The minimum absolute atomic E-state index is 0.256. The summed E-state index contributed by atoms with van der Waals surface area (Å²) in [6.45, 7) is 7.98. The van der Waals surface area contributed by atoms with Crippen LogP contribution in [0.4, 0.5) is 4.79 Å². The van der Waals surface area contributed by atoms with E-state index < -0.39 is 12.2 Å². The van der Waals surface area contributed by atoms with Gasteiger partial charge in [-0.05, 0) is 31.9 Å². The van der Waals surface area contributed by atoms with Gasteiger partial charge in [-0.1, -0.05) is 24.3 Å². The Hall–Kier alpha value is -1.59. The van der Waals surface area contributed by atoms with E-state index in [1.54, 1.807) is 6.92 Å². The fraction of sp³-hybridized carbons (Fsp3) is 0.562. The Kier molecular flexibility index (Phi) is 4.85. The van der Waals surface area contributed by atoms with Gasteiger partial charge in [-0.25, -0.2) is 4.79 Å². The van der Waals surface area contributed by atoms with Crippen molar-refractivity contribution in [2.45, 2.75) is 39.0 Å². The van der Waals surface area contributed by atoms with Gasteiger partial charge in [0.1, 0.15) is 0 Å². The number of aliphatic hydroxyl groups excluding tert-OH is 1. The molecule has 1 saturated heterocycles. The van der Waals surface area contributed by atoms with E-state index in [9.17, 15) is 9.90 Å². The molecule has 0 aromatic heterocycles. The minimum atomic E-state index is -1.03. The maximum Gasteiger partial charge on any atom is 0.405 e. The predicted molar refractivity (Wildman–Crippen MR) is 81.2 cm³/mol. The highest BCUT2D eigenvalue weighted by Crippen LogP contribution is 2.31. The number of nitrogens with zero attached hydrogens (tertiary/aromatic N) is 1. The second-order valence-corrected chi connectivity index (χ2v) is 6.09. The van der Waals surface area contributed by atoms with Crippen LogP contribution in [0.15, 0.2) is 24.3 Å². The number of hydrogen-bond acceptors (Lipinski definition) is 3. The molecular weight excluding hydrogens is 268 g/mol. The van der Waals surface area contributed by atoms with E-state index in [1.165, 1.54) is 0 Å². The smallest absolute Gasteiger partial charge is 0.405 e. The van der Waals surface area contributed by atoms with Crippen molar-refractivity contribution in [3.63, 3.8) is 0 Å². The van der Waals surface area contributed by atoms with Crippen LogP contribution < -0.4 is 5.32 Å². The summed E-state index contributed by atoms with van der Waals surface area (Å²) < 4.78 is 0. The van der Waals surface area contributed by atoms with Gasteiger partial charge in [0.15, 0.2) is 0 Å². The van der Waals surface area contributed by atoms with Gasteiger partial charge < -0.3 is 20.4 Å². The van der Waals surface area contributed by atoms with E-state index in [0.29, 0.717) is 6.04 Å². The van der Waals surface area contributed by atoms with Gasteiger partial charge in [0.2, 0.25) is 0 Å². The summed E-state index contributed by atoms with van der Waals surface area (Å²) in [6, 6.07) is 7.79. The Morgan fingerprint density at radius 1 is 1.19 bits per heavy atom. The molecule has 5 nitrogen and oxygen atoms in total. The van der Waals surface area contributed by atoms with Crippen molar-refractivity contribution < 1.29 is 15.0 Å². The summed E-state index contributed by atoms with van der Waals surface area (Å²) in [5.41, 5.74) is 1.79. The summed E-state index contributed by atoms with van der Waals surface area (Å²) in [4.78, 5) is 13.0. The number of carbonyl (C=O) groups is 1. The van der Waals surface area contributed by atoms with Crippen molar-refractivity contribution in [3.8, 4) is 0 Å². The van der Waals surface area contributed by atoms with Crippen molar-refractivity contribution in [1.82, 2.24) is 10.2 Å². The molecule has 0 saturated carbocycles. The van der Waals surface area contributed by atoms with Crippen LogP contribution in [0.25, 0.3) is 0 Å². The molecule has 1 aliphatic heterocycles. The Morgan fingerprint density at radius 3 is 2.19 bits per heavy atom. The average Bonchev–Trinajstić information content (AvgIpc) is 2.35. The monoisotopic (exact) mass is 292 g/mol. The maximum atomic E-state index is 10.6. The third-order valence-electron chi connectivity index (χ3n) is 4.23. The summed E-state index contributed by atoms with van der Waals surface area (Å²) in [6.07, 6.45) is -1.48. The van der Waals surface area contributed by atoms with E-state index in [1.807, 2.05) is 24.3 Å². The van der Waals surface area contributed by atoms with Crippen LogP contribution in [0.2, 0.25) is 0 Å². The zero-order chi connectivity index (χ0) is 15.6. The van der Waals surface area contributed by atoms with Crippen molar-refractivity contribution in [2.75, 3.05) is 13.1 Å². The van der Waals surface area contributed by atoms with Gasteiger partial charge in [0.25, 0.3) is 0 Å². The summed E-state index contributed by atoms with van der Waals surface area (Å²) in [5.74, 6) is 0.285. The van der Waals surface area contributed by atoms with Crippen LogP contribution in [0, 0.1) is 5.92 Å². The molecule has 2 rings (SSSR count). The fourth-order valence-electron chi connectivity index (χ4n) is 2.69. The zero-order valence-corrected chi connectivity index (χ0v) is 12.8. The molecule has 1 fully saturated rings. The highest BCUT2D eigenvalue weighted by Gasteiger charge is 2.34. The summed E-state index contributed by atoms with van der Waals surface area (Å²) in [5, 5.41) is 21.5. The number of carboxylic acid groups (broad SMARTS) is 1. The van der Waals surface area contributed by atoms with Gasteiger partial charge in [-0.15, -0.1) is 0 Å². The van der Waals surface area contributed by atoms with E-state index in [0.717, 1.165) is 24.2 Å². The lowest BCUT2D eigenvalue weighted by Crippen LogP contribution is -2.52. The van der Waals surface area contributed by atoms with Gasteiger partial charge in [0, 0.05) is 25.0 Å². The van der Waals surface area contributed by atoms with Crippen LogP contribution in [-0.4, -0.2) is 40.3 Å². The fourth-order valence-corrected chi connectivity index (χ4v) is 2.69. The number of rotatable bonds is 5. The predicted octanol–water partition coefficient (Wildman–Crippen LogP) is 2.39. The zero-order valence-electron chi connectivity index (χ0n) is 12.8. The largest absolute Gasteiger partial charge is 0.465 e. The first-order chi connectivity index (χ1) is 9.88. The Morgan fingerprint density at radius 2 is 1.71 bits per heavy atom. The van der Waals surface area contributed by atoms with Crippen LogP contribution in [-0.2, 0) is 0 Å². The molecule has 1 unspecified atom stereocenters. The topological polar surface area (TPSA) is 72.8 Å². The molecule has 1 heterocycles. The van der Waals surface area contributed by atoms with Crippen LogP contribution in [0.1, 0.15) is 44.0 Å². The maximum absolute atomic E-state index is 10.6. The second-order valence-electron chi connectivity index (χ2n) is 6.09. The molecule has 0 spiro atoms. The van der Waals surface area contributed by atoms with Gasteiger partial charge in [-0.2, -0.15) is 0 Å². The third-order valence-corrected chi connectivity index (χ3v) is 4.23. The normalized spacial score (nSPS) is 19.1. The molecule has 1 aliphatic rings. The minimum Gasteiger partial charge on any atom is -0.465 e. The summed E-state index contributed by atoms with van der Waals surface area (Å²) in [7, 11) is 0. The van der Waals surface area contributed by atoms with Crippen LogP contribution >= 0.6 is 0 Å². The van der Waals surface area contributed by atoms with Crippen LogP contribution in [0.3, 0.4) is 0 Å². The molecule has 1 aromatic rings. The molecule has 0 bridgehead atoms. The standard InChI is InChI=1S/C16H24N2O3/c1-10(2)18-8-14(9-18)15(19)13-6-4-12(5-7-13)11(3)17-16(20)21/h4-7,10-11,14-15,17,19H,8-9H2,1-3H3,(H,20,21)/t11-,15?/m0/s1. The number of nitrogens with one attached hydrogen (secondary N) is 1. The highest BCUT2D eigenvalue weighted by atomic mass is 16.4. The first-order valence-corrected chi connectivity index (χ1v) is 7.40. The van der Waals surface area contributed by atoms with E-state index in [2.05, 4.69) is 24.1 Å². The van der Waals surface area contributed by atoms with Crippen molar-refractivity contribution >= 4 is 6.09 Å². The number of aliphatic hydroxyl groups is 1. The second kappa shape index (κ2) is 6.45. The lowest BCUT2D eigenvalue weighted by atomic mass is 9.87. The van der Waals surface area contributed by atoms with E-state index in [4.69, 9.17) is 5.11 Å². The summed E-state index contributed by atoms with van der Waals surface area (Å²) >= 11 is 0. The van der Waals surface area contributed by atoms with Gasteiger partial charge >= 0.3 is 6.09 Å². The molecule has 5 heteroatoms. The molecule has 0 aliphatic carbocycles. The number of likely N-dealkylation sites (tertiary alicyclic amines) is 1. The quantitative estimate of drug-likeness (QED) is 0.779. The molecule has 21 heavy (non-hydrogen) atoms. The van der Waals surface area contributed by atoms with Gasteiger partial charge in [-0.3, -0.25) is 0 Å². The first-order valence-electron chi connectivity index (χ1n) is 7.40. The molecule has 1 aromatic carbocycles. The Balaban J connectivity index is 1.94. The van der Waals surface area contributed by atoms with Crippen molar-refractivity contribution in [3.05, 3.63) is 35.4 Å². The third kappa shape index (κ3) is 3.74. The lowest BCUT2D eigenvalue weighted by molar-refractivity contribution is -0.0206. The van der Waals surface area contributed by atoms with Crippen LogP contribution in [0.5, 0.6) is 0 Å². The molecule has 2 atom stereocenters. The lowest BCUT2D eigenvalue weighted by Gasteiger charge is -2.44. The molecule has 116 valence electrons. The van der Waals surface area contributed by atoms with Crippen molar-refractivity contribution in [1.29, 1.82) is 0 Å². The van der Waals surface area contributed by atoms with Gasteiger partial charge in [0.05, 0.1) is 12.1 Å². The van der Waals surface area contributed by atoms with Crippen molar-refractivity contribution in [2.24, 2.45) is 5.92 Å². The number of benzene rings is 1. The van der Waals surface area contributed by atoms with E-state index in [-0.39, 0.29) is 12.0 Å². The molecule has 0 radical (unpaired) electrons. The highest BCUT2D eigenvalue weighted by molar-refractivity contribution is 5.65.